The Bertz CT molecular complexity index is 535. The fourth-order valence-corrected chi connectivity index (χ4v) is 2.53. The Morgan fingerprint density at radius 2 is 2.12 bits per heavy atom. The van der Waals surface area contributed by atoms with Crippen LogP contribution < -0.4 is 4.74 Å². The number of halogens is 1. The number of methoxy groups -OCH3 is 1. The van der Waals surface area contributed by atoms with Gasteiger partial charge in [0.2, 0.25) is 0 Å². The molecule has 0 amide bonds. The second kappa shape index (κ2) is 3.74. The number of rotatable bonds is 2. The van der Waals surface area contributed by atoms with E-state index < -0.39 is 11.4 Å². The molecule has 0 spiro atoms. The lowest BCUT2D eigenvalue weighted by Crippen LogP contribution is -2.32. The minimum atomic E-state index is -1.03. The van der Waals surface area contributed by atoms with Gasteiger partial charge >= 0.3 is 5.97 Å². The van der Waals surface area contributed by atoms with Crippen molar-refractivity contribution in [3.05, 3.63) is 22.7 Å². The first-order valence-electron chi connectivity index (χ1n) is 5.08. The Balaban J connectivity index is 2.67. The number of hydrogen-bond acceptors (Lipinski definition) is 3. The molecule has 0 fully saturated rings. The normalized spacial score (nSPS) is 16.4. The van der Waals surface area contributed by atoms with Crippen LogP contribution in [-0.4, -0.2) is 23.9 Å². The van der Waals surface area contributed by atoms with Gasteiger partial charge in [0.15, 0.2) is 0 Å². The lowest BCUT2D eigenvalue weighted by Gasteiger charge is -2.21. The first kappa shape index (κ1) is 11.9. The zero-order chi connectivity index (χ0) is 12.8. The number of carbonyl (C=O) groups is 1. The van der Waals surface area contributed by atoms with Crippen molar-refractivity contribution >= 4 is 29.0 Å². The van der Waals surface area contributed by atoms with Crippen molar-refractivity contribution in [2.45, 2.75) is 19.3 Å². The molecule has 17 heavy (non-hydrogen) atoms. The molecule has 0 aliphatic carbocycles. The van der Waals surface area contributed by atoms with Crippen molar-refractivity contribution < 1.29 is 14.6 Å². The van der Waals surface area contributed by atoms with Gasteiger partial charge in [-0.2, -0.15) is 0 Å². The maximum atomic E-state index is 11.1. The number of benzene rings is 1. The minimum Gasteiger partial charge on any atom is -0.497 e. The standard InChI is InChI=1S/C12H12ClNO3/c1-12(2)9-7(13)4-6(17-3)5-8(9)14-10(12)11(15)16/h4-5H,1-3H3,(H,15,16). The van der Waals surface area contributed by atoms with Gasteiger partial charge in [0.1, 0.15) is 11.5 Å². The second-order valence-corrected chi connectivity index (χ2v) is 4.80. The molecule has 0 bridgehead atoms. The van der Waals surface area contributed by atoms with Gasteiger partial charge in [-0.3, -0.25) is 0 Å². The maximum absolute atomic E-state index is 11.1. The summed E-state index contributed by atoms with van der Waals surface area (Å²) in [5.41, 5.74) is 0.710. The van der Waals surface area contributed by atoms with Gasteiger partial charge in [-0.1, -0.05) is 11.6 Å². The molecule has 1 aromatic carbocycles. The van der Waals surface area contributed by atoms with Crippen LogP contribution in [0.2, 0.25) is 5.02 Å². The summed E-state index contributed by atoms with van der Waals surface area (Å²) in [6, 6.07) is 3.36. The van der Waals surface area contributed by atoms with E-state index in [2.05, 4.69) is 4.99 Å². The van der Waals surface area contributed by atoms with Crippen molar-refractivity contribution in [2.75, 3.05) is 7.11 Å². The van der Waals surface area contributed by atoms with Gasteiger partial charge in [0.05, 0.1) is 17.8 Å². The molecule has 1 aliphatic rings. The van der Waals surface area contributed by atoms with Crippen molar-refractivity contribution in [3.63, 3.8) is 0 Å². The average molecular weight is 254 g/mol. The molecule has 0 aromatic heterocycles. The van der Waals surface area contributed by atoms with Crippen molar-refractivity contribution in [3.8, 4) is 5.75 Å². The van der Waals surface area contributed by atoms with E-state index in [1.807, 2.05) is 0 Å². The third-order valence-corrected chi connectivity index (χ3v) is 3.23. The van der Waals surface area contributed by atoms with Crippen LogP contribution in [-0.2, 0) is 10.2 Å². The molecule has 1 aliphatic heterocycles. The van der Waals surface area contributed by atoms with E-state index in [0.29, 0.717) is 16.5 Å². The third kappa shape index (κ3) is 1.69. The fraction of sp³-hybridized carbons (Fsp3) is 0.333. The summed E-state index contributed by atoms with van der Waals surface area (Å²) in [4.78, 5) is 15.3. The van der Waals surface area contributed by atoms with Crippen LogP contribution in [0.15, 0.2) is 17.1 Å². The van der Waals surface area contributed by atoms with E-state index in [1.54, 1.807) is 26.0 Å². The highest BCUT2D eigenvalue weighted by Crippen LogP contribution is 2.46. The maximum Gasteiger partial charge on any atom is 0.351 e. The summed E-state index contributed by atoms with van der Waals surface area (Å²) >= 11 is 6.16. The van der Waals surface area contributed by atoms with Crippen LogP contribution >= 0.6 is 11.6 Å². The molecule has 90 valence electrons. The number of hydrogen-bond donors (Lipinski definition) is 1. The molecule has 1 aromatic rings. The summed E-state index contributed by atoms with van der Waals surface area (Å²) in [5, 5.41) is 9.61. The molecule has 0 unspecified atom stereocenters. The van der Waals surface area contributed by atoms with Crippen molar-refractivity contribution in [2.24, 2.45) is 4.99 Å². The first-order chi connectivity index (χ1) is 7.87. The predicted octanol–water partition coefficient (Wildman–Crippen LogP) is 2.80. The molecule has 4 nitrogen and oxygen atoms in total. The molecular weight excluding hydrogens is 242 g/mol. The van der Waals surface area contributed by atoms with Crippen LogP contribution in [0.5, 0.6) is 5.75 Å². The molecule has 0 atom stereocenters. The third-order valence-electron chi connectivity index (χ3n) is 2.93. The molecule has 0 radical (unpaired) electrons. The number of nitrogens with zero attached hydrogens (tertiary/aromatic N) is 1. The number of ether oxygens (including phenoxy) is 1. The van der Waals surface area contributed by atoms with Gasteiger partial charge in [-0.15, -0.1) is 0 Å². The SMILES string of the molecule is COc1cc(Cl)c2c(c1)N=C(C(=O)O)C2(C)C. The van der Waals surface area contributed by atoms with E-state index in [9.17, 15) is 4.79 Å². The van der Waals surface area contributed by atoms with Gasteiger partial charge in [0, 0.05) is 17.0 Å². The van der Waals surface area contributed by atoms with Crippen LogP contribution in [0.3, 0.4) is 0 Å². The van der Waals surface area contributed by atoms with Crippen LogP contribution in [0.1, 0.15) is 19.4 Å². The molecule has 5 heteroatoms. The molecular formula is C12H12ClNO3. The van der Waals surface area contributed by atoms with Gasteiger partial charge < -0.3 is 9.84 Å². The van der Waals surface area contributed by atoms with Gasteiger partial charge in [-0.25, -0.2) is 9.79 Å². The minimum absolute atomic E-state index is 0.0997. The van der Waals surface area contributed by atoms with Gasteiger partial charge in [0.25, 0.3) is 0 Å². The Labute approximate surface area is 104 Å². The monoisotopic (exact) mass is 253 g/mol. The lowest BCUT2D eigenvalue weighted by molar-refractivity contribution is -0.129. The lowest BCUT2D eigenvalue weighted by atomic mass is 9.81. The number of aliphatic imine (C=N–C) groups is 1. The molecule has 0 saturated carbocycles. The Hall–Kier alpha value is -1.55. The van der Waals surface area contributed by atoms with E-state index in [0.717, 1.165) is 5.56 Å². The quantitative estimate of drug-likeness (QED) is 0.882. The van der Waals surface area contributed by atoms with E-state index in [4.69, 9.17) is 21.4 Å². The smallest absolute Gasteiger partial charge is 0.351 e. The molecule has 1 N–H and O–H groups in total. The van der Waals surface area contributed by atoms with Crippen LogP contribution in [0.25, 0.3) is 0 Å². The summed E-state index contributed by atoms with van der Waals surface area (Å²) in [7, 11) is 1.53. The number of carboxylic acid groups (broad SMARTS) is 1. The Morgan fingerprint density at radius 3 is 2.65 bits per heavy atom. The highest BCUT2D eigenvalue weighted by molar-refractivity contribution is 6.42. The molecule has 0 saturated heterocycles. The highest BCUT2D eigenvalue weighted by Gasteiger charge is 2.41. The zero-order valence-electron chi connectivity index (χ0n) is 9.74. The summed E-state index contributed by atoms with van der Waals surface area (Å²) in [6.07, 6.45) is 0. The summed E-state index contributed by atoms with van der Waals surface area (Å²) in [6.45, 7) is 3.59. The molecule has 2 rings (SSSR count). The highest BCUT2D eigenvalue weighted by atomic mass is 35.5. The summed E-state index contributed by atoms with van der Waals surface area (Å²) < 4.78 is 5.08. The largest absolute Gasteiger partial charge is 0.497 e. The number of fused-ring (bicyclic) bond motifs is 1. The predicted molar refractivity (Wildman–Crippen MR) is 65.8 cm³/mol. The molecule has 1 heterocycles. The van der Waals surface area contributed by atoms with E-state index in [-0.39, 0.29) is 5.71 Å². The van der Waals surface area contributed by atoms with E-state index in [1.165, 1.54) is 7.11 Å². The van der Waals surface area contributed by atoms with Crippen molar-refractivity contribution in [1.82, 2.24) is 0 Å². The van der Waals surface area contributed by atoms with Crippen LogP contribution in [0.4, 0.5) is 5.69 Å². The van der Waals surface area contributed by atoms with E-state index >= 15 is 0 Å². The average Bonchev–Trinajstić information content (AvgIpc) is 2.50. The zero-order valence-corrected chi connectivity index (χ0v) is 10.5. The topological polar surface area (TPSA) is 58.9 Å². The Morgan fingerprint density at radius 1 is 1.47 bits per heavy atom. The number of aliphatic carboxylic acids is 1. The Kier molecular flexibility index (Phi) is 2.62. The number of carboxylic acids is 1. The van der Waals surface area contributed by atoms with Crippen LogP contribution in [0, 0.1) is 0 Å². The second-order valence-electron chi connectivity index (χ2n) is 4.39. The van der Waals surface area contributed by atoms with Crippen molar-refractivity contribution in [1.29, 1.82) is 0 Å². The summed E-state index contributed by atoms with van der Waals surface area (Å²) in [5.74, 6) is -0.457. The first-order valence-corrected chi connectivity index (χ1v) is 5.46. The fourth-order valence-electron chi connectivity index (χ4n) is 2.09. The van der Waals surface area contributed by atoms with Gasteiger partial charge in [-0.05, 0) is 19.9 Å².